The van der Waals surface area contributed by atoms with Crippen LogP contribution in [0, 0.1) is 5.92 Å². The van der Waals surface area contributed by atoms with Crippen molar-refractivity contribution in [2.75, 3.05) is 26.4 Å². The zero-order valence-corrected chi connectivity index (χ0v) is 25.8. The fourth-order valence-corrected chi connectivity index (χ4v) is 4.35. The molecule has 0 radical (unpaired) electrons. The quantitative estimate of drug-likeness (QED) is 0.0325. The maximum Gasteiger partial charge on any atom is 0.469 e. The van der Waals surface area contributed by atoms with Crippen LogP contribution in [0.5, 0.6) is 0 Å². The second-order valence-corrected chi connectivity index (χ2v) is 11.6. The fourth-order valence-electron chi connectivity index (χ4n) is 3.98. The van der Waals surface area contributed by atoms with Gasteiger partial charge in [-0.05, 0) is 31.6 Å². The number of nitrogens with two attached hydrogens (primary N) is 3. The third kappa shape index (κ3) is 32.9. The highest BCUT2D eigenvalue weighted by atomic mass is 31.2. The molecule has 0 saturated carbocycles. The molecule has 0 aromatic heterocycles. The number of aliphatic imine (C=N–C) groups is 1. The van der Waals surface area contributed by atoms with Crippen LogP contribution in [0.15, 0.2) is 4.99 Å². The summed E-state index contributed by atoms with van der Waals surface area (Å²) in [6, 6.07) is -0.820. The van der Waals surface area contributed by atoms with E-state index in [1.807, 2.05) is 0 Å². The van der Waals surface area contributed by atoms with Gasteiger partial charge in [-0.3, -0.25) is 14.3 Å². The molecule has 0 heterocycles. The van der Waals surface area contributed by atoms with Crippen LogP contribution in [0.2, 0.25) is 0 Å². The number of hydrogen-bond donors (Lipinski definition) is 7. The molecule has 0 fully saturated rings. The summed E-state index contributed by atoms with van der Waals surface area (Å²) >= 11 is 0. The second-order valence-electron chi connectivity index (χ2n) is 10.4. The molecule has 0 aromatic carbocycles. The fraction of sp³-hybridized carbons (Fsp3) is 0.926. The summed E-state index contributed by atoms with van der Waals surface area (Å²) in [6.45, 7) is 5.10. The average molecular weight is 599 g/mol. The van der Waals surface area contributed by atoms with E-state index in [0.717, 1.165) is 12.8 Å². The van der Waals surface area contributed by atoms with Gasteiger partial charge >= 0.3 is 13.8 Å². The van der Waals surface area contributed by atoms with Crippen LogP contribution in [-0.2, 0) is 18.6 Å². The van der Waals surface area contributed by atoms with Crippen molar-refractivity contribution in [1.29, 1.82) is 0 Å². The van der Waals surface area contributed by atoms with E-state index in [1.54, 1.807) is 0 Å². The van der Waals surface area contributed by atoms with Gasteiger partial charge in [-0.25, -0.2) is 4.57 Å². The number of rotatable bonds is 26. The first-order chi connectivity index (χ1) is 18.9. The van der Waals surface area contributed by atoms with Gasteiger partial charge in [-0.2, -0.15) is 0 Å². The number of carbonyl (C=O) groups is 1. The van der Waals surface area contributed by atoms with E-state index < -0.39 is 32.5 Å². The van der Waals surface area contributed by atoms with E-state index in [4.69, 9.17) is 36.8 Å². The van der Waals surface area contributed by atoms with Gasteiger partial charge in [0.05, 0.1) is 13.2 Å². The average Bonchev–Trinajstić information content (AvgIpc) is 2.88. The standard InChI is InChI=1S/C21H45O6P.C6H14N4O2/c1-3-5-7-9-10-12-14-16-20(15-13-11-8-6-4-2)17-26-18-21(22)19-27-28(23,24)25;7-4(5(11)12)2-1-3-10-6(8)9/h20-22H,3-19H2,1-2H3,(H2,23,24,25);4H,1-3,7H2,(H,11,12)(H4,8,9,10)/t;4-/m.0/s1. The molecule has 3 atom stereocenters. The monoisotopic (exact) mass is 598 g/mol. The summed E-state index contributed by atoms with van der Waals surface area (Å²) in [5.41, 5.74) is 15.3. The van der Waals surface area contributed by atoms with E-state index in [2.05, 4.69) is 23.4 Å². The van der Waals surface area contributed by atoms with Crippen molar-refractivity contribution in [3.05, 3.63) is 0 Å². The van der Waals surface area contributed by atoms with E-state index in [9.17, 15) is 14.5 Å². The zero-order chi connectivity index (χ0) is 30.7. The van der Waals surface area contributed by atoms with Crippen LogP contribution in [0.3, 0.4) is 0 Å². The lowest BCUT2D eigenvalue weighted by atomic mass is 9.95. The third-order valence-corrected chi connectivity index (χ3v) is 6.80. The first kappa shape index (κ1) is 40.9. The third-order valence-electron chi connectivity index (χ3n) is 6.32. The first-order valence-electron chi connectivity index (χ1n) is 14.9. The van der Waals surface area contributed by atoms with Gasteiger partial charge in [-0.1, -0.05) is 90.9 Å². The van der Waals surface area contributed by atoms with Gasteiger partial charge < -0.3 is 41.9 Å². The Bertz CT molecular complexity index is 662. The predicted octanol–water partition coefficient (Wildman–Crippen LogP) is 4.04. The molecule has 2 unspecified atom stereocenters. The van der Waals surface area contributed by atoms with Gasteiger partial charge in [0, 0.05) is 13.2 Å². The van der Waals surface area contributed by atoms with Crippen LogP contribution >= 0.6 is 7.82 Å². The summed E-state index contributed by atoms with van der Waals surface area (Å²) in [4.78, 5) is 31.2. The van der Waals surface area contributed by atoms with Crippen molar-refractivity contribution in [1.82, 2.24) is 0 Å². The Balaban J connectivity index is 0. The molecule has 13 heteroatoms. The number of carboxylic acids is 1. The molecule has 10 N–H and O–H groups in total. The van der Waals surface area contributed by atoms with E-state index in [-0.39, 0.29) is 12.6 Å². The van der Waals surface area contributed by atoms with Gasteiger partial charge in [0.15, 0.2) is 5.96 Å². The summed E-state index contributed by atoms with van der Waals surface area (Å²) in [7, 11) is -4.54. The van der Waals surface area contributed by atoms with E-state index in [0.29, 0.717) is 31.9 Å². The minimum Gasteiger partial charge on any atom is -0.480 e. The number of guanidine groups is 1. The van der Waals surface area contributed by atoms with E-state index in [1.165, 1.54) is 77.0 Å². The van der Waals surface area contributed by atoms with Crippen LogP contribution in [-0.4, -0.2) is 70.4 Å². The number of aliphatic hydroxyl groups is 1. The lowest BCUT2D eigenvalue weighted by Gasteiger charge is -2.19. The van der Waals surface area contributed by atoms with Crippen molar-refractivity contribution < 1.29 is 38.6 Å². The van der Waals surface area contributed by atoms with Crippen LogP contribution in [0.1, 0.15) is 117 Å². The molecule has 240 valence electrons. The van der Waals surface area contributed by atoms with Gasteiger partial charge in [-0.15, -0.1) is 0 Å². The minimum absolute atomic E-state index is 0.0129. The summed E-state index contributed by atoms with van der Waals surface area (Å²) in [5, 5.41) is 18.1. The Kier molecular flexibility index (Phi) is 28.5. The Morgan fingerprint density at radius 1 is 0.800 bits per heavy atom. The Morgan fingerprint density at radius 3 is 1.75 bits per heavy atom. The zero-order valence-electron chi connectivity index (χ0n) is 24.9. The Labute approximate surface area is 241 Å². The van der Waals surface area contributed by atoms with Gasteiger partial charge in [0.2, 0.25) is 0 Å². The number of ether oxygens (including phenoxy) is 1. The minimum atomic E-state index is -4.54. The number of carboxylic acid groups (broad SMARTS) is 1. The molecule has 0 aromatic rings. The topological polar surface area (TPSA) is 224 Å². The molecule has 0 rings (SSSR count). The van der Waals surface area contributed by atoms with Crippen molar-refractivity contribution in [2.45, 2.75) is 129 Å². The van der Waals surface area contributed by atoms with Crippen LogP contribution in [0.4, 0.5) is 0 Å². The molecule has 12 nitrogen and oxygen atoms in total. The number of hydrogen-bond acceptors (Lipinski definition) is 7. The van der Waals surface area contributed by atoms with Crippen molar-refractivity contribution in [3.63, 3.8) is 0 Å². The number of phosphoric acid groups is 1. The maximum absolute atomic E-state index is 10.7. The lowest BCUT2D eigenvalue weighted by molar-refractivity contribution is -0.138. The first-order valence-corrected chi connectivity index (χ1v) is 16.5. The molecular weight excluding hydrogens is 539 g/mol. The van der Waals surface area contributed by atoms with Crippen LogP contribution < -0.4 is 17.2 Å². The Morgan fingerprint density at radius 2 is 1.30 bits per heavy atom. The molecule has 40 heavy (non-hydrogen) atoms. The highest BCUT2D eigenvalue weighted by Crippen LogP contribution is 2.35. The largest absolute Gasteiger partial charge is 0.480 e. The van der Waals surface area contributed by atoms with Gasteiger partial charge in [0.25, 0.3) is 0 Å². The number of nitrogens with zero attached hydrogens (tertiary/aromatic N) is 1. The van der Waals surface area contributed by atoms with Gasteiger partial charge in [0.1, 0.15) is 12.1 Å². The number of aliphatic hydroxyl groups excluding tert-OH is 1. The molecule has 0 aliphatic heterocycles. The van der Waals surface area contributed by atoms with Crippen molar-refractivity contribution in [2.24, 2.45) is 28.1 Å². The molecule has 0 spiro atoms. The predicted molar refractivity (Wildman–Crippen MR) is 160 cm³/mol. The highest BCUT2D eigenvalue weighted by molar-refractivity contribution is 7.46. The SMILES string of the molecule is CCCCCCCCCC(CCCCCCC)COCC(O)COP(=O)(O)O.NC(N)=NCCC[C@H](N)C(=O)O. The molecule has 0 aliphatic rings. The molecular formula is C27H59N4O8P. The molecule has 0 amide bonds. The Hall–Kier alpha value is -1.27. The maximum atomic E-state index is 10.7. The lowest BCUT2D eigenvalue weighted by Crippen LogP contribution is -2.30. The smallest absolute Gasteiger partial charge is 0.469 e. The summed E-state index contributed by atoms with van der Waals surface area (Å²) in [6.07, 6.45) is 17.6. The normalized spacial score (nSPS) is 13.7. The summed E-state index contributed by atoms with van der Waals surface area (Å²) < 4.78 is 20.6. The van der Waals surface area contributed by atoms with Crippen molar-refractivity contribution in [3.8, 4) is 0 Å². The molecule has 0 bridgehead atoms. The number of unbranched alkanes of at least 4 members (excludes halogenated alkanes) is 10. The van der Waals surface area contributed by atoms with E-state index >= 15 is 0 Å². The number of aliphatic carboxylic acids is 1. The molecule has 0 saturated heterocycles. The molecule has 0 aliphatic carbocycles. The van der Waals surface area contributed by atoms with Crippen molar-refractivity contribution >= 4 is 19.8 Å². The second kappa shape index (κ2) is 27.9. The highest BCUT2D eigenvalue weighted by Gasteiger charge is 2.17. The summed E-state index contributed by atoms with van der Waals surface area (Å²) in [5.74, 6) is -0.495. The van der Waals surface area contributed by atoms with Crippen LogP contribution in [0.25, 0.3) is 0 Å². The number of phosphoric ester groups is 1.